The monoisotopic (exact) mass is 838 g/mol. The summed E-state index contributed by atoms with van der Waals surface area (Å²) in [6.07, 6.45) is 0. The highest BCUT2D eigenvalue weighted by atomic mass is 79.9. The lowest BCUT2D eigenvalue weighted by atomic mass is 9.67. The molecule has 2 aliphatic heterocycles. The zero-order chi connectivity index (χ0) is 37.5. The van der Waals surface area contributed by atoms with Crippen molar-refractivity contribution < 1.29 is 0 Å². The lowest BCUT2D eigenvalue weighted by Gasteiger charge is -2.40. The quantitative estimate of drug-likeness (QED) is 0.140. The fraction of sp³-hybridized carbons (Fsp3) is 0.0545. The summed E-state index contributed by atoms with van der Waals surface area (Å²) in [5.41, 5.74) is 10.8. The molecule has 0 nitrogen and oxygen atoms in total. The Morgan fingerprint density at radius 3 is 1.02 bits per heavy atom. The van der Waals surface area contributed by atoms with Gasteiger partial charge >= 0.3 is 0 Å². The number of hydrogen-bond donors (Lipinski definition) is 0. The number of halogens is 1. The summed E-state index contributed by atoms with van der Waals surface area (Å²) in [6.45, 7) is 0. The molecular weight excluding hydrogens is 805 g/mol. The molecule has 58 heavy (non-hydrogen) atoms. The average Bonchev–Trinajstić information content (AvgIpc) is 3.73. The first kappa shape index (κ1) is 34.5. The van der Waals surface area contributed by atoms with Crippen molar-refractivity contribution in [2.45, 2.75) is 37.8 Å². The second kappa shape index (κ2) is 12.5. The van der Waals surface area contributed by atoms with Crippen molar-refractivity contribution in [3.05, 3.63) is 237 Å². The van der Waals surface area contributed by atoms with E-state index in [9.17, 15) is 0 Å². The molecule has 3 heteroatoms. The smallest absolute Gasteiger partial charge is 0.0736 e. The Morgan fingerprint density at radius 1 is 0.293 bits per heavy atom. The molecule has 0 bridgehead atoms. The predicted octanol–water partition coefficient (Wildman–Crippen LogP) is 15.7. The SMILES string of the molecule is Brc1cccc2c1Sc1ccccc1C21c2cccc3ccc4cccc1c4c23.C.c1ccc2c(c1)Sc1ccccc1C21c2cccc3ccc4cccc1c4c23. The molecule has 0 aromatic heterocycles. The Hall–Kier alpha value is -5.58. The third-order valence-electron chi connectivity index (χ3n) is 13.1. The van der Waals surface area contributed by atoms with Gasteiger partial charge in [-0.1, -0.05) is 195 Å². The van der Waals surface area contributed by atoms with E-state index in [2.05, 4.69) is 204 Å². The molecule has 2 aliphatic carbocycles. The van der Waals surface area contributed by atoms with E-state index in [4.69, 9.17) is 0 Å². The maximum Gasteiger partial charge on any atom is 0.0736 e. The van der Waals surface area contributed by atoms with E-state index in [1.54, 1.807) is 0 Å². The summed E-state index contributed by atoms with van der Waals surface area (Å²) in [5, 5.41) is 11.0. The molecule has 4 aliphatic rings. The Balaban J connectivity index is 0.000000124. The maximum absolute atomic E-state index is 3.85. The molecule has 0 saturated carbocycles. The minimum Gasteiger partial charge on any atom is -0.0894 e. The molecule has 0 unspecified atom stereocenters. The summed E-state index contributed by atoms with van der Waals surface area (Å²) in [7, 11) is 0. The van der Waals surface area contributed by atoms with Crippen LogP contribution in [-0.4, -0.2) is 0 Å². The van der Waals surface area contributed by atoms with Crippen molar-refractivity contribution in [2.24, 2.45) is 0 Å². The van der Waals surface area contributed by atoms with Crippen LogP contribution in [0.3, 0.4) is 0 Å². The predicted molar refractivity (Wildman–Crippen MR) is 249 cm³/mol. The Bertz CT molecular complexity index is 3220. The van der Waals surface area contributed by atoms with Gasteiger partial charge in [-0.05, 0) is 128 Å². The van der Waals surface area contributed by atoms with Gasteiger partial charge < -0.3 is 0 Å². The van der Waals surface area contributed by atoms with Crippen LogP contribution in [0.2, 0.25) is 0 Å². The zero-order valence-electron chi connectivity index (χ0n) is 30.6. The number of rotatable bonds is 0. The summed E-state index contributed by atoms with van der Waals surface area (Å²) in [4.78, 5) is 5.40. The first-order valence-corrected chi connectivity index (χ1v) is 22.0. The lowest BCUT2D eigenvalue weighted by molar-refractivity contribution is 0.723. The molecular formula is C55H35BrS2. The second-order valence-corrected chi connectivity index (χ2v) is 18.5. The van der Waals surface area contributed by atoms with E-state index in [-0.39, 0.29) is 18.3 Å². The third kappa shape index (κ3) is 4.19. The number of hydrogen-bond acceptors (Lipinski definition) is 2. The van der Waals surface area contributed by atoms with Crippen LogP contribution in [0.1, 0.15) is 51.9 Å². The first-order valence-electron chi connectivity index (χ1n) is 19.5. The van der Waals surface area contributed by atoms with E-state index >= 15 is 0 Å². The molecule has 0 radical (unpaired) electrons. The largest absolute Gasteiger partial charge is 0.0894 e. The van der Waals surface area contributed by atoms with Gasteiger partial charge in [-0.2, -0.15) is 0 Å². The van der Waals surface area contributed by atoms with E-state index in [1.807, 2.05) is 23.5 Å². The molecule has 0 atom stereocenters. The van der Waals surface area contributed by atoms with E-state index in [0.717, 1.165) is 0 Å². The van der Waals surface area contributed by atoms with Gasteiger partial charge in [-0.3, -0.25) is 0 Å². The molecule has 0 fully saturated rings. The molecule has 274 valence electrons. The Morgan fingerprint density at radius 2 is 0.603 bits per heavy atom. The fourth-order valence-corrected chi connectivity index (χ4v) is 14.0. The molecule has 0 N–H and O–H groups in total. The molecule has 0 amide bonds. The molecule has 0 saturated heterocycles. The summed E-state index contributed by atoms with van der Waals surface area (Å²) >= 11 is 7.63. The standard InChI is InChI=1S/C27H15BrS.C27H16S.CH4/c28-22-12-5-11-21-26(22)29-23-13-2-1-8-18(23)27(21)19-9-3-6-16-14-15-17-7-4-10-20(27)25(17)24(16)19;1-3-13-23-19(9-1)27(20-10-2-4-14-24(20)28-23)21-11-5-7-17-15-16-18-8-6-12-22(27)26(18)25(17)21;/h1-15H;1-16H;1H4. The van der Waals surface area contributed by atoms with Gasteiger partial charge in [0.25, 0.3) is 0 Å². The van der Waals surface area contributed by atoms with Gasteiger partial charge in [-0.15, -0.1) is 0 Å². The van der Waals surface area contributed by atoms with Crippen LogP contribution in [0.5, 0.6) is 0 Å². The first-order chi connectivity index (χ1) is 28.2. The minimum atomic E-state index is -0.274. The number of fused-ring (bicyclic) bond motifs is 12. The van der Waals surface area contributed by atoms with Gasteiger partial charge in [0.15, 0.2) is 0 Å². The summed E-state index contributed by atoms with van der Waals surface area (Å²) in [6, 6.07) is 70.0. The molecule has 10 aromatic carbocycles. The average molecular weight is 840 g/mol. The van der Waals surface area contributed by atoms with Gasteiger partial charge in [0, 0.05) is 24.1 Å². The van der Waals surface area contributed by atoms with Crippen molar-refractivity contribution in [2.75, 3.05) is 0 Å². The van der Waals surface area contributed by atoms with Crippen LogP contribution < -0.4 is 0 Å². The van der Waals surface area contributed by atoms with Crippen molar-refractivity contribution in [3.63, 3.8) is 0 Å². The molecule has 2 heterocycles. The second-order valence-electron chi connectivity index (χ2n) is 15.6. The van der Waals surface area contributed by atoms with Crippen molar-refractivity contribution in [1.82, 2.24) is 0 Å². The summed E-state index contributed by atoms with van der Waals surface area (Å²) < 4.78 is 1.17. The van der Waals surface area contributed by atoms with Gasteiger partial charge in [-0.25, -0.2) is 0 Å². The minimum absolute atomic E-state index is 0. The van der Waals surface area contributed by atoms with E-state index in [0.29, 0.717) is 0 Å². The normalized spacial score (nSPS) is 15.0. The van der Waals surface area contributed by atoms with Crippen LogP contribution in [0.25, 0.3) is 43.1 Å². The number of benzene rings is 10. The highest BCUT2D eigenvalue weighted by Gasteiger charge is 2.50. The highest BCUT2D eigenvalue weighted by Crippen LogP contribution is 2.64. The van der Waals surface area contributed by atoms with Crippen LogP contribution >= 0.6 is 39.5 Å². The van der Waals surface area contributed by atoms with E-state index in [1.165, 1.54) is 112 Å². The van der Waals surface area contributed by atoms with Crippen molar-refractivity contribution in [1.29, 1.82) is 0 Å². The zero-order valence-corrected chi connectivity index (χ0v) is 33.8. The lowest BCUT2D eigenvalue weighted by Crippen LogP contribution is -2.32. The van der Waals surface area contributed by atoms with Gasteiger partial charge in [0.1, 0.15) is 0 Å². The maximum atomic E-state index is 3.85. The molecule has 2 spiro atoms. The third-order valence-corrected chi connectivity index (χ3v) is 16.4. The van der Waals surface area contributed by atoms with Crippen LogP contribution in [0, 0.1) is 0 Å². The molecule has 14 rings (SSSR count). The fourth-order valence-electron chi connectivity index (χ4n) is 11.0. The topological polar surface area (TPSA) is 0 Å². The van der Waals surface area contributed by atoms with Crippen LogP contribution in [0.15, 0.2) is 212 Å². The van der Waals surface area contributed by atoms with Gasteiger partial charge in [0.05, 0.1) is 10.8 Å². The van der Waals surface area contributed by atoms with Crippen molar-refractivity contribution in [3.8, 4) is 0 Å². The Kier molecular flexibility index (Phi) is 7.40. The molecule has 10 aromatic rings. The highest BCUT2D eigenvalue weighted by molar-refractivity contribution is 9.10. The summed E-state index contributed by atoms with van der Waals surface area (Å²) in [5.74, 6) is 0. The van der Waals surface area contributed by atoms with E-state index < -0.39 is 0 Å². The van der Waals surface area contributed by atoms with Crippen molar-refractivity contribution >= 4 is 82.5 Å². The van der Waals surface area contributed by atoms with Gasteiger partial charge in [0.2, 0.25) is 0 Å². The van der Waals surface area contributed by atoms with Crippen LogP contribution in [0.4, 0.5) is 0 Å². The van der Waals surface area contributed by atoms with Crippen LogP contribution in [-0.2, 0) is 10.8 Å². The Labute approximate surface area is 355 Å².